The van der Waals surface area contributed by atoms with Crippen LogP contribution in [0.3, 0.4) is 0 Å². The fraction of sp³-hybridized carbons (Fsp3) is 0.867. The van der Waals surface area contributed by atoms with Crippen molar-refractivity contribution in [3.63, 3.8) is 0 Å². The third-order valence-corrected chi connectivity index (χ3v) is 4.95. The van der Waals surface area contributed by atoms with Gasteiger partial charge in [0.1, 0.15) is 11.6 Å². The average molecular weight is 282 g/mol. The summed E-state index contributed by atoms with van der Waals surface area (Å²) >= 11 is 0. The molecule has 1 saturated heterocycles. The summed E-state index contributed by atoms with van der Waals surface area (Å²) in [6, 6.07) is -0.346. The van der Waals surface area contributed by atoms with Crippen molar-refractivity contribution in [1.82, 2.24) is 10.2 Å². The molecular weight excluding hydrogens is 259 g/mol. The van der Waals surface area contributed by atoms with E-state index in [2.05, 4.69) is 5.32 Å². The van der Waals surface area contributed by atoms with E-state index in [1.165, 1.54) is 0 Å². The Kier molecular flexibility index (Phi) is 3.69. The van der Waals surface area contributed by atoms with Crippen LogP contribution in [0.5, 0.6) is 0 Å². The molecule has 1 N–H and O–H groups in total. The van der Waals surface area contributed by atoms with Crippen molar-refractivity contribution in [3.05, 3.63) is 0 Å². The number of hydrogen-bond acceptors (Lipinski definition) is 2. The first-order valence-electron chi connectivity index (χ1n) is 7.87. The second-order valence-electron chi connectivity index (χ2n) is 6.46. The van der Waals surface area contributed by atoms with Crippen LogP contribution in [0, 0.1) is 5.92 Å². The lowest BCUT2D eigenvalue weighted by Crippen LogP contribution is -2.71. The van der Waals surface area contributed by atoms with Gasteiger partial charge in [0.05, 0.1) is 6.67 Å². The van der Waals surface area contributed by atoms with Crippen molar-refractivity contribution < 1.29 is 14.0 Å². The fourth-order valence-corrected chi connectivity index (χ4v) is 3.75. The maximum Gasteiger partial charge on any atom is 0.249 e. The highest BCUT2D eigenvalue weighted by Gasteiger charge is 2.54. The molecule has 0 aromatic carbocycles. The zero-order valence-corrected chi connectivity index (χ0v) is 11.9. The Labute approximate surface area is 119 Å². The Morgan fingerprint density at radius 1 is 1.20 bits per heavy atom. The monoisotopic (exact) mass is 282 g/mol. The van der Waals surface area contributed by atoms with Crippen LogP contribution in [-0.4, -0.2) is 41.5 Å². The van der Waals surface area contributed by atoms with E-state index in [1.54, 1.807) is 4.90 Å². The maximum atomic E-state index is 12.9. The number of halogens is 1. The van der Waals surface area contributed by atoms with Crippen molar-refractivity contribution in [2.45, 2.75) is 62.9 Å². The summed E-state index contributed by atoms with van der Waals surface area (Å²) in [4.78, 5) is 27.1. The standard InChI is InChI=1S/C15H23FN2O2/c16-9-4-10-18-12(11-5-6-11)13(19)17-15(14(18)20)7-2-1-3-8-15/h11-12H,1-10H2,(H,17,19). The normalized spacial score (nSPS) is 29.6. The number of alkyl halides is 1. The van der Waals surface area contributed by atoms with Gasteiger partial charge in [-0.25, -0.2) is 0 Å². The number of carbonyl (C=O) groups is 2. The fourth-order valence-electron chi connectivity index (χ4n) is 3.75. The number of piperazine rings is 1. The van der Waals surface area contributed by atoms with Gasteiger partial charge in [0, 0.05) is 6.54 Å². The van der Waals surface area contributed by atoms with Crippen LogP contribution in [0.15, 0.2) is 0 Å². The molecule has 2 saturated carbocycles. The molecule has 3 aliphatic rings. The molecule has 1 aliphatic heterocycles. The van der Waals surface area contributed by atoms with Crippen LogP contribution in [0.4, 0.5) is 4.39 Å². The molecule has 0 bridgehead atoms. The summed E-state index contributed by atoms with van der Waals surface area (Å²) in [6.45, 7) is -0.0541. The summed E-state index contributed by atoms with van der Waals surface area (Å²) in [7, 11) is 0. The average Bonchev–Trinajstić information content (AvgIpc) is 3.26. The number of nitrogens with zero attached hydrogens (tertiary/aromatic N) is 1. The van der Waals surface area contributed by atoms with Gasteiger partial charge in [-0.05, 0) is 38.0 Å². The second kappa shape index (κ2) is 5.34. The van der Waals surface area contributed by atoms with Gasteiger partial charge < -0.3 is 10.2 Å². The predicted octanol–water partition coefficient (Wildman–Crippen LogP) is 1.79. The van der Waals surface area contributed by atoms with Crippen LogP contribution >= 0.6 is 0 Å². The zero-order chi connectivity index (χ0) is 14.2. The van der Waals surface area contributed by atoms with E-state index in [0.29, 0.717) is 18.9 Å². The molecule has 4 nitrogen and oxygen atoms in total. The molecule has 1 spiro atoms. The van der Waals surface area contributed by atoms with Crippen LogP contribution in [0.25, 0.3) is 0 Å². The number of rotatable bonds is 4. The number of amides is 2. The summed E-state index contributed by atoms with van der Waals surface area (Å²) in [5.74, 6) is 0.328. The van der Waals surface area contributed by atoms with E-state index in [-0.39, 0.29) is 17.9 Å². The summed E-state index contributed by atoms with van der Waals surface area (Å²) in [5, 5.41) is 3.04. The largest absolute Gasteiger partial charge is 0.340 e. The Balaban J connectivity index is 1.83. The van der Waals surface area contributed by atoms with E-state index < -0.39 is 12.2 Å². The highest BCUT2D eigenvalue weighted by atomic mass is 19.1. The lowest BCUT2D eigenvalue weighted by Gasteiger charge is -2.48. The molecule has 2 amide bonds. The minimum atomic E-state index is -0.683. The van der Waals surface area contributed by atoms with Crippen molar-refractivity contribution in [2.24, 2.45) is 5.92 Å². The first-order chi connectivity index (χ1) is 9.68. The minimum absolute atomic E-state index is 0.00661. The van der Waals surface area contributed by atoms with Gasteiger partial charge in [-0.15, -0.1) is 0 Å². The summed E-state index contributed by atoms with van der Waals surface area (Å²) in [6.07, 6.45) is 6.91. The van der Waals surface area contributed by atoms with Gasteiger partial charge in [0.2, 0.25) is 11.8 Å². The molecule has 0 aromatic rings. The molecule has 3 fully saturated rings. The Morgan fingerprint density at radius 2 is 1.90 bits per heavy atom. The molecule has 1 heterocycles. The third kappa shape index (κ3) is 2.31. The lowest BCUT2D eigenvalue weighted by atomic mass is 9.78. The highest BCUT2D eigenvalue weighted by molar-refractivity contribution is 6.00. The SMILES string of the molecule is O=C1NC2(CCCCC2)C(=O)N(CCCF)C1C1CC1. The summed E-state index contributed by atoms with van der Waals surface area (Å²) in [5.41, 5.74) is -0.683. The van der Waals surface area contributed by atoms with E-state index in [4.69, 9.17) is 0 Å². The van der Waals surface area contributed by atoms with Gasteiger partial charge in [-0.2, -0.15) is 0 Å². The van der Waals surface area contributed by atoms with Gasteiger partial charge in [-0.3, -0.25) is 14.0 Å². The topological polar surface area (TPSA) is 49.4 Å². The number of carbonyl (C=O) groups excluding carboxylic acids is 2. The zero-order valence-electron chi connectivity index (χ0n) is 11.9. The van der Waals surface area contributed by atoms with Crippen LogP contribution in [-0.2, 0) is 9.59 Å². The molecule has 0 aromatic heterocycles. The maximum absolute atomic E-state index is 12.9. The van der Waals surface area contributed by atoms with E-state index in [9.17, 15) is 14.0 Å². The van der Waals surface area contributed by atoms with Crippen LogP contribution in [0.2, 0.25) is 0 Å². The van der Waals surface area contributed by atoms with E-state index in [1.807, 2.05) is 0 Å². The molecule has 5 heteroatoms. The smallest absolute Gasteiger partial charge is 0.249 e. The van der Waals surface area contributed by atoms with Crippen molar-refractivity contribution in [2.75, 3.05) is 13.2 Å². The molecule has 0 radical (unpaired) electrons. The first kappa shape index (κ1) is 13.8. The van der Waals surface area contributed by atoms with Gasteiger partial charge in [0.15, 0.2) is 0 Å². The molecule has 20 heavy (non-hydrogen) atoms. The van der Waals surface area contributed by atoms with Gasteiger partial charge in [-0.1, -0.05) is 19.3 Å². The lowest BCUT2D eigenvalue weighted by molar-refractivity contribution is -0.157. The summed E-state index contributed by atoms with van der Waals surface area (Å²) < 4.78 is 12.5. The first-order valence-corrected chi connectivity index (χ1v) is 7.87. The third-order valence-electron chi connectivity index (χ3n) is 4.95. The molecule has 1 atom stereocenters. The van der Waals surface area contributed by atoms with Crippen molar-refractivity contribution in [1.29, 1.82) is 0 Å². The van der Waals surface area contributed by atoms with Crippen LogP contribution < -0.4 is 5.32 Å². The molecule has 2 aliphatic carbocycles. The number of nitrogens with one attached hydrogen (secondary N) is 1. The van der Waals surface area contributed by atoms with E-state index >= 15 is 0 Å². The molecule has 3 rings (SSSR count). The Bertz CT molecular complexity index is 403. The second-order valence-corrected chi connectivity index (χ2v) is 6.46. The van der Waals surface area contributed by atoms with Crippen molar-refractivity contribution >= 4 is 11.8 Å². The van der Waals surface area contributed by atoms with Crippen LogP contribution in [0.1, 0.15) is 51.4 Å². The van der Waals surface area contributed by atoms with Gasteiger partial charge >= 0.3 is 0 Å². The molecule has 1 unspecified atom stereocenters. The molecular formula is C15H23FN2O2. The highest BCUT2D eigenvalue weighted by Crippen LogP contribution is 2.41. The van der Waals surface area contributed by atoms with E-state index in [0.717, 1.165) is 44.9 Å². The van der Waals surface area contributed by atoms with Gasteiger partial charge in [0.25, 0.3) is 0 Å². The number of hydrogen-bond donors (Lipinski definition) is 1. The Hall–Kier alpha value is -1.13. The Morgan fingerprint density at radius 3 is 2.50 bits per heavy atom. The quantitative estimate of drug-likeness (QED) is 0.854. The van der Waals surface area contributed by atoms with Crippen molar-refractivity contribution in [3.8, 4) is 0 Å². The predicted molar refractivity (Wildman–Crippen MR) is 72.8 cm³/mol. The molecule has 112 valence electrons. The minimum Gasteiger partial charge on any atom is -0.340 e.